The number of nitrogens with one attached hydrogen (secondary N) is 1. The van der Waals surface area contributed by atoms with E-state index in [4.69, 9.17) is 11.6 Å². The number of rotatable bonds is 4. The second-order valence-electron chi connectivity index (χ2n) is 7.07. The van der Waals surface area contributed by atoms with Crippen LogP contribution in [0.5, 0.6) is 0 Å². The number of nitrogens with zero attached hydrogens (tertiary/aromatic N) is 1. The van der Waals surface area contributed by atoms with Gasteiger partial charge in [0.1, 0.15) is 6.54 Å². The van der Waals surface area contributed by atoms with Crippen LogP contribution in [0.3, 0.4) is 0 Å². The van der Waals surface area contributed by atoms with E-state index in [2.05, 4.69) is 5.32 Å². The van der Waals surface area contributed by atoms with Crippen molar-refractivity contribution < 1.29 is 9.59 Å². The first-order chi connectivity index (χ1) is 13.6. The Morgan fingerprint density at radius 1 is 1.14 bits per heavy atom. The Morgan fingerprint density at radius 3 is 2.61 bits per heavy atom. The molecule has 1 heterocycles. The lowest BCUT2D eigenvalue weighted by Gasteiger charge is -2.30. The monoisotopic (exact) mass is 412 g/mol. The standard InChI is InChI=1S/C22H21ClN2O2S/c23-16-11-9-15(10-12-16)13-20-22(27)25(18-7-3-4-8-19(18)28-20)14-21(26)24-17-5-1-2-6-17/h3-4,7-13,17H,1-2,5-6,14H2,(H,24,26). The number of carbonyl (C=O) groups is 2. The van der Waals surface area contributed by atoms with Gasteiger partial charge in [0.25, 0.3) is 5.91 Å². The molecule has 0 aromatic heterocycles. The van der Waals surface area contributed by atoms with Gasteiger partial charge in [-0.1, -0.05) is 60.5 Å². The summed E-state index contributed by atoms with van der Waals surface area (Å²) >= 11 is 7.39. The highest BCUT2D eigenvalue weighted by molar-refractivity contribution is 8.04. The summed E-state index contributed by atoms with van der Waals surface area (Å²) in [4.78, 5) is 28.9. The van der Waals surface area contributed by atoms with Crippen molar-refractivity contribution in [1.29, 1.82) is 0 Å². The predicted octanol–water partition coefficient (Wildman–Crippen LogP) is 4.88. The molecule has 0 saturated heterocycles. The smallest absolute Gasteiger partial charge is 0.265 e. The molecule has 6 heteroatoms. The normalized spacial score (nSPS) is 18.4. The van der Waals surface area contributed by atoms with Gasteiger partial charge in [0.15, 0.2) is 0 Å². The van der Waals surface area contributed by atoms with Crippen molar-refractivity contribution in [2.24, 2.45) is 0 Å². The minimum atomic E-state index is -0.153. The third-order valence-electron chi connectivity index (χ3n) is 5.02. The Hall–Kier alpha value is -2.24. The minimum Gasteiger partial charge on any atom is -0.352 e. The molecule has 0 bridgehead atoms. The quantitative estimate of drug-likeness (QED) is 0.728. The molecule has 1 aliphatic carbocycles. The summed E-state index contributed by atoms with van der Waals surface area (Å²) in [6, 6.07) is 15.3. The molecule has 144 valence electrons. The predicted molar refractivity (Wildman–Crippen MR) is 114 cm³/mol. The maximum Gasteiger partial charge on any atom is 0.265 e. The molecule has 0 unspecified atom stereocenters. The number of para-hydroxylation sites is 1. The van der Waals surface area contributed by atoms with Gasteiger partial charge in [-0.15, -0.1) is 0 Å². The summed E-state index contributed by atoms with van der Waals surface area (Å²) in [5.74, 6) is -0.256. The molecule has 1 saturated carbocycles. The lowest BCUT2D eigenvalue weighted by molar-refractivity contribution is -0.122. The van der Waals surface area contributed by atoms with Gasteiger partial charge in [-0.05, 0) is 48.7 Å². The summed E-state index contributed by atoms with van der Waals surface area (Å²) < 4.78 is 0. The number of fused-ring (bicyclic) bond motifs is 1. The average Bonchev–Trinajstić information content (AvgIpc) is 3.19. The summed E-state index contributed by atoms with van der Waals surface area (Å²) in [6.45, 7) is 0.0326. The van der Waals surface area contributed by atoms with Gasteiger partial charge in [0.2, 0.25) is 5.91 Å². The molecule has 2 aromatic rings. The van der Waals surface area contributed by atoms with Gasteiger partial charge in [-0.25, -0.2) is 0 Å². The first-order valence-electron chi connectivity index (χ1n) is 9.45. The van der Waals surface area contributed by atoms with Crippen LogP contribution < -0.4 is 10.2 Å². The molecular weight excluding hydrogens is 392 g/mol. The van der Waals surface area contributed by atoms with Gasteiger partial charge < -0.3 is 5.32 Å². The van der Waals surface area contributed by atoms with E-state index in [1.54, 1.807) is 17.0 Å². The number of thioether (sulfide) groups is 1. The van der Waals surface area contributed by atoms with Crippen molar-refractivity contribution in [2.45, 2.75) is 36.6 Å². The molecule has 0 spiro atoms. The number of hydrogen-bond donors (Lipinski definition) is 1. The van der Waals surface area contributed by atoms with Gasteiger partial charge in [-0.2, -0.15) is 0 Å². The summed E-state index contributed by atoms with van der Waals surface area (Å²) in [7, 11) is 0. The Balaban J connectivity index is 1.59. The van der Waals surface area contributed by atoms with E-state index >= 15 is 0 Å². The molecule has 0 radical (unpaired) electrons. The van der Waals surface area contributed by atoms with Crippen LogP contribution in [-0.4, -0.2) is 24.4 Å². The topological polar surface area (TPSA) is 49.4 Å². The first kappa shape index (κ1) is 19.1. The Bertz CT molecular complexity index is 920. The van der Waals surface area contributed by atoms with Crippen LogP contribution in [0, 0.1) is 0 Å². The largest absolute Gasteiger partial charge is 0.352 e. The molecule has 1 N–H and O–H groups in total. The molecule has 1 aliphatic heterocycles. The fourth-order valence-corrected chi connectivity index (χ4v) is 4.80. The third-order valence-corrected chi connectivity index (χ3v) is 6.35. The van der Waals surface area contributed by atoms with Gasteiger partial charge >= 0.3 is 0 Å². The second-order valence-corrected chi connectivity index (χ2v) is 8.59. The van der Waals surface area contributed by atoms with E-state index in [1.165, 1.54) is 11.8 Å². The molecule has 4 rings (SSSR count). The average molecular weight is 413 g/mol. The number of halogens is 1. The van der Waals surface area contributed by atoms with Gasteiger partial charge in [0.05, 0.1) is 10.6 Å². The van der Waals surface area contributed by atoms with Crippen LogP contribution in [0.2, 0.25) is 5.02 Å². The van der Waals surface area contributed by atoms with Crippen molar-refractivity contribution >= 4 is 46.9 Å². The zero-order valence-electron chi connectivity index (χ0n) is 15.4. The van der Waals surface area contributed by atoms with Crippen LogP contribution >= 0.6 is 23.4 Å². The fourth-order valence-electron chi connectivity index (χ4n) is 3.62. The first-order valence-corrected chi connectivity index (χ1v) is 10.6. The van der Waals surface area contributed by atoms with Gasteiger partial charge in [-0.3, -0.25) is 14.5 Å². The van der Waals surface area contributed by atoms with E-state index in [0.717, 1.165) is 41.8 Å². The zero-order chi connectivity index (χ0) is 19.5. The van der Waals surface area contributed by atoms with Crippen molar-refractivity contribution in [2.75, 3.05) is 11.4 Å². The second kappa shape index (κ2) is 8.41. The third kappa shape index (κ3) is 4.26. The van der Waals surface area contributed by atoms with Crippen LogP contribution in [0.25, 0.3) is 6.08 Å². The summed E-state index contributed by atoms with van der Waals surface area (Å²) in [5, 5.41) is 3.73. The molecular formula is C22H21ClN2O2S. The SMILES string of the molecule is O=C(CN1C(=O)C(=Cc2ccc(Cl)cc2)Sc2ccccc21)NC1CCCC1. The minimum absolute atomic E-state index is 0.0326. The summed E-state index contributed by atoms with van der Waals surface area (Å²) in [6.07, 6.45) is 6.20. The maximum atomic E-state index is 13.2. The van der Waals surface area contributed by atoms with Crippen LogP contribution in [0.15, 0.2) is 58.3 Å². The lowest BCUT2D eigenvalue weighted by Crippen LogP contribution is -2.45. The summed E-state index contributed by atoms with van der Waals surface area (Å²) in [5.41, 5.74) is 1.68. The Morgan fingerprint density at radius 2 is 1.86 bits per heavy atom. The maximum absolute atomic E-state index is 13.2. The zero-order valence-corrected chi connectivity index (χ0v) is 16.9. The number of carbonyl (C=O) groups excluding carboxylic acids is 2. The van der Waals surface area contributed by atoms with Crippen LogP contribution in [0.4, 0.5) is 5.69 Å². The van der Waals surface area contributed by atoms with E-state index in [1.807, 2.05) is 42.5 Å². The Kier molecular flexibility index (Phi) is 5.74. The molecule has 4 nitrogen and oxygen atoms in total. The van der Waals surface area contributed by atoms with Crippen molar-refractivity contribution in [1.82, 2.24) is 5.32 Å². The van der Waals surface area contributed by atoms with E-state index in [0.29, 0.717) is 9.93 Å². The number of amides is 2. The van der Waals surface area contributed by atoms with Gasteiger partial charge in [0, 0.05) is 16.0 Å². The van der Waals surface area contributed by atoms with E-state index in [9.17, 15) is 9.59 Å². The molecule has 2 aromatic carbocycles. The van der Waals surface area contributed by atoms with Crippen LogP contribution in [0.1, 0.15) is 31.2 Å². The van der Waals surface area contributed by atoms with Crippen LogP contribution in [-0.2, 0) is 9.59 Å². The molecule has 2 aliphatic rings. The van der Waals surface area contributed by atoms with E-state index < -0.39 is 0 Å². The van der Waals surface area contributed by atoms with Crippen molar-refractivity contribution in [3.63, 3.8) is 0 Å². The molecule has 2 amide bonds. The van der Waals surface area contributed by atoms with Crippen molar-refractivity contribution in [3.05, 3.63) is 64.0 Å². The lowest BCUT2D eigenvalue weighted by atomic mass is 10.2. The highest BCUT2D eigenvalue weighted by atomic mass is 35.5. The van der Waals surface area contributed by atoms with Crippen molar-refractivity contribution in [3.8, 4) is 0 Å². The number of anilines is 1. The number of hydrogen-bond acceptors (Lipinski definition) is 3. The van der Waals surface area contributed by atoms with E-state index in [-0.39, 0.29) is 24.4 Å². The molecule has 28 heavy (non-hydrogen) atoms. The molecule has 1 fully saturated rings. The fraction of sp³-hybridized carbons (Fsp3) is 0.273. The highest BCUT2D eigenvalue weighted by Gasteiger charge is 2.31. The number of benzene rings is 2. The Labute approximate surface area is 173 Å². The molecule has 0 atom stereocenters. The highest BCUT2D eigenvalue weighted by Crippen LogP contribution is 2.41.